The molecule has 5 aromatic rings. The summed E-state index contributed by atoms with van der Waals surface area (Å²) in [5.74, 6) is 0.656. The average Bonchev–Trinajstić information content (AvgIpc) is 3.43. The van der Waals surface area contributed by atoms with E-state index in [0.717, 1.165) is 21.9 Å². The maximum absolute atomic E-state index is 12.4. The number of rotatable bonds is 4. The highest BCUT2D eigenvalue weighted by atomic mass is 16.5. The lowest BCUT2D eigenvalue weighted by atomic mass is 10.2. The first-order valence-electron chi connectivity index (χ1n) is 8.46. The Morgan fingerprint density at radius 3 is 2.81 bits per heavy atom. The van der Waals surface area contributed by atoms with Crippen LogP contribution in [0.5, 0.6) is 0 Å². The number of nitrogens with zero attached hydrogens (tertiary/aromatic N) is 1. The minimum atomic E-state index is -0.416. The Bertz CT molecular complexity index is 1230. The van der Waals surface area contributed by atoms with Crippen LogP contribution >= 0.6 is 0 Å². The predicted molar refractivity (Wildman–Crippen MR) is 99.1 cm³/mol. The van der Waals surface area contributed by atoms with E-state index >= 15 is 0 Å². The summed E-state index contributed by atoms with van der Waals surface area (Å²) in [6, 6.07) is 18.9. The van der Waals surface area contributed by atoms with E-state index in [1.54, 1.807) is 12.3 Å². The highest BCUT2D eigenvalue weighted by molar-refractivity contribution is 6.03. The summed E-state index contributed by atoms with van der Waals surface area (Å²) in [5, 5.41) is 5.77. The number of aromatic amines is 1. The number of esters is 1. The second-order valence-corrected chi connectivity index (χ2v) is 6.16. The molecular formula is C21H14N2O4. The minimum Gasteiger partial charge on any atom is -0.455 e. The highest BCUT2D eigenvalue weighted by Crippen LogP contribution is 2.28. The van der Waals surface area contributed by atoms with Crippen molar-refractivity contribution in [1.29, 1.82) is 0 Å². The first-order valence-corrected chi connectivity index (χ1v) is 8.46. The number of H-pyrrole nitrogens is 1. The maximum Gasteiger partial charge on any atom is 0.340 e. The Hall–Kier alpha value is -3.80. The third-order valence-corrected chi connectivity index (χ3v) is 4.39. The molecule has 0 spiro atoms. The van der Waals surface area contributed by atoms with Crippen LogP contribution in [0.25, 0.3) is 33.4 Å². The van der Waals surface area contributed by atoms with Crippen molar-refractivity contribution in [2.24, 2.45) is 0 Å². The molecule has 0 atom stereocenters. The van der Waals surface area contributed by atoms with Gasteiger partial charge >= 0.3 is 5.97 Å². The molecule has 6 heteroatoms. The number of aromatic nitrogens is 2. The van der Waals surface area contributed by atoms with Crippen molar-refractivity contribution in [3.63, 3.8) is 0 Å². The number of nitrogens with one attached hydrogen (secondary N) is 1. The summed E-state index contributed by atoms with van der Waals surface area (Å²) in [4.78, 5) is 15.4. The molecule has 2 aromatic carbocycles. The van der Waals surface area contributed by atoms with E-state index in [2.05, 4.69) is 10.1 Å². The second-order valence-electron chi connectivity index (χ2n) is 6.16. The fourth-order valence-electron chi connectivity index (χ4n) is 3.06. The smallest absolute Gasteiger partial charge is 0.340 e. The number of carbonyl (C=O) groups excluding carboxylic acids is 1. The highest BCUT2D eigenvalue weighted by Gasteiger charge is 2.16. The van der Waals surface area contributed by atoms with Crippen LogP contribution in [0.1, 0.15) is 16.1 Å². The summed E-state index contributed by atoms with van der Waals surface area (Å²) < 4.78 is 16.5. The molecule has 0 aliphatic carbocycles. The number of carbonyl (C=O) groups is 1. The molecule has 1 N–H and O–H groups in total. The van der Waals surface area contributed by atoms with Gasteiger partial charge in [0.05, 0.1) is 5.56 Å². The van der Waals surface area contributed by atoms with Crippen molar-refractivity contribution in [2.45, 2.75) is 6.61 Å². The normalized spacial score (nSPS) is 11.3. The zero-order valence-corrected chi connectivity index (χ0v) is 14.1. The van der Waals surface area contributed by atoms with Crippen LogP contribution in [0.3, 0.4) is 0 Å². The predicted octanol–water partition coefficient (Wildman–Crippen LogP) is 4.93. The van der Waals surface area contributed by atoms with Gasteiger partial charge in [-0.15, -0.1) is 0 Å². The number of ether oxygens (including phenoxy) is 1. The number of para-hydroxylation sites is 2. The largest absolute Gasteiger partial charge is 0.455 e. The molecular weight excluding hydrogens is 344 g/mol. The molecule has 0 saturated heterocycles. The Kier molecular flexibility index (Phi) is 3.53. The van der Waals surface area contributed by atoms with Crippen molar-refractivity contribution in [3.8, 4) is 11.5 Å². The Balaban J connectivity index is 1.32. The quantitative estimate of drug-likeness (QED) is 0.461. The number of fused-ring (bicyclic) bond motifs is 2. The molecule has 132 valence electrons. The molecule has 0 saturated carbocycles. The summed E-state index contributed by atoms with van der Waals surface area (Å²) in [6.07, 6.45) is 1.65. The fraction of sp³-hybridized carbons (Fsp3) is 0.0476. The Morgan fingerprint density at radius 2 is 1.89 bits per heavy atom. The Labute approximate surface area is 153 Å². The van der Waals surface area contributed by atoms with E-state index < -0.39 is 5.97 Å². The van der Waals surface area contributed by atoms with Gasteiger partial charge in [0, 0.05) is 28.6 Å². The summed E-state index contributed by atoms with van der Waals surface area (Å²) in [6.45, 7) is 0.0159. The van der Waals surface area contributed by atoms with E-state index in [1.165, 1.54) is 0 Å². The lowest BCUT2D eigenvalue weighted by molar-refractivity contribution is 0.0466. The van der Waals surface area contributed by atoms with Gasteiger partial charge in [0.15, 0.2) is 5.76 Å². The van der Waals surface area contributed by atoms with Crippen LogP contribution in [-0.2, 0) is 11.3 Å². The van der Waals surface area contributed by atoms with E-state index in [0.29, 0.717) is 22.8 Å². The van der Waals surface area contributed by atoms with Crippen LogP contribution < -0.4 is 0 Å². The first-order chi connectivity index (χ1) is 13.3. The van der Waals surface area contributed by atoms with Gasteiger partial charge in [-0.05, 0) is 18.2 Å². The SMILES string of the molecule is O=C(OCc1cc(-c2cc3ccccc3o2)on1)c1c[nH]c2ccccc12. The average molecular weight is 358 g/mol. The van der Waals surface area contributed by atoms with Gasteiger partial charge in [-0.3, -0.25) is 0 Å². The third-order valence-electron chi connectivity index (χ3n) is 4.39. The van der Waals surface area contributed by atoms with Crippen molar-refractivity contribution < 1.29 is 18.5 Å². The molecule has 5 rings (SSSR count). The van der Waals surface area contributed by atoms with Crippen LogP contribution in [0, 0.1) is 0 Å². The molecule has 27 heavy (non-hydrogen) atoms. The third kappa shape index (κ3) is 2.77. The van der Waals surface area contributed by atoms with Gasteiger partial charge in [-0.1, -0.05) is 41.6 Å². The van der Waals surface area contributed by atoms with Gasteiger partial charge in [0.1, 0.15) is 17.9 Å². The summed E-state index contributed by atoms with van der Waals surface area (Å²) in [5.41, 5.74) is 2.67. The van der Waals surface area contributed by atoms with Gasteiger partial charge in [-0.2, -0.15) is 0 Å². The molecule has 0 fully saturated rings. The number of hydrogen-bond donors (Lipinski definition) is 1. The molecule has 0 unspecified atom stereocenters. The molecule has 6 nitrogen and oxygen atoms in total. The molecule has 3 heterocycles. The monoisotopic (exact) mass is 358 g/mol. The van der Waals surface area contributed by atoms with Crippen molar-refractivity contribution in [3.05, 3.63) is 78.1 Å². The van der Waals surface area contributed by atoms with Gasteiger partial charge in [-0.25, -0.2) is 4.79 Å². The summed E-state index contributed by atoms with van der Waals surface area (Å²) >= 11 is 0. The molecule has 0 amide bonds. The summed E-state index contributed by atoms with van der Waals surface area (Å²) in [7, 11) is 0. The standard InChI is InChI=1S/C21H14N2O4/c24-21(16-11-22-17-7-3-2-6-15(16)17)25-12-14-10-20(27-23-14)19-9-13-5-1-4-8-18(13)26-19/h1-11,22H,12H2. The maximum atomic E-state index is 12.4. The number of hydrogen-bond acceptors (Lipinski definition) is 5. The van der Waals surface area contributed by atoms with Gasteiger partial charge < -0.3 is 18.7 Å². The van der Waals surface area contributed by atoms with E-state index in [1.807, 2.05) is 54.6 Å². The molecule has 3 aromatic heterocycles. The zero-order chi connectivity index (χ0) is 18.2. The first kappa shape index (κ1) is 15.5. The van der Waals surface area contributed by atoms with Crippen molar-refractivity contribution in [2.75, 3.05) is 0 Å². The van der Waals surface area contributed by atoms with Crippen LogP contribution in [0.2, 0.25) is 0 Å². The molecule has 0 radical (unpaired) electrons. The molecule has 0 aliphatic rings. The minimum absolute atomic E-state index is 0.0159. The number of benzene rings is 2. The lowest BCUT2D eigenvalue weighted by Gasteiger charge is -2.00. The van der Waals surface area contributed by atoms with Crippen molar-refractivity contribution in [1.82, 2.24) is 10.1 Å². The van der Waals surface area contributed by atoms with Gasteiger partial charge in [0.2, 0.25) is 5.76 Å². The molecule has 0 aliphatic heterocycles. The van der Waals surface area contributed by atoms with E-state index in [9.17, 15) is 4.79 Å². The van der Waals surface area contributed by atoms with Crippen LogP contribution in [-0.4, -0.2) is 16.1 Å². The zero-order valence-electron chi connectivity index (χ0n) is 14.1. The topological polar surface area (TPSA) is 81.3 Å². The van der Waals surface area contributed by atoms with E-state index in [4.69, 9.17) is 13.7 Å². The van der Waals surface area contributed by atoms with Gasteiger partial charge in [0.25, 0.3) is 0 Å². The number of furan rings is 1. The van der Waals surface area contributed by atoms with Crippen LogP contribution in [0.4, 0.5) is 0 Å². The second kappa shape index (κ2) is 6.17. The Morgan fingerprint density at radius 1 is 1.04 bits per heavy atom. The van der Waals surface area contributed by atoms with E-state index in [-0.39, 0.29) is 6.61 Å². The molecule has 0 bridgehead atoms. The van der Waals surface area contributed by atoms with Crippen LogP contribution in [0.15, 0.2) is 75.8 Å². The lowest BCUT2D eigenvalue weighted by Crippen LogP contribution is -2.04. The fourth-order valence-corrected chi connectivity index (χ4v) is 3.06. The van der Waals surface area contributed by atoms with Crippen molar-refractivity contribution >= 4 is 27.8 Å².